The summed E-state index contributed by atoms with van der Waals surface area (Å²) in [5.41, 5.74) is 0. The van der Waals surface area contributed by atoms with E-state index in [1.165, 1.54) is 12.8 Å². The standard InChI is InChI=1S/C11H26N2/c1-6-8-12-10(3)9-11(4)13(5)7-2/h10-12H,6-9H2,1-5H3. The Hall–Kier alpha value is -0.0800. The second-order valence-electron chi connectivity index (χ2n) is 4.01. The molecule has 2 heteroatoms. The predicted octanol–water partition coefficient (Wildman–Crippen LogP) is 2.10. The molecule has 0 spiro atoms. The first-order valence-electron chi connectivity index (χ1n) is 5.55. The number of rotatable bonds is 7. The zero-order chi connectivity index (χ0) is 10.3. The molecule has 0 aromatic rings. The third kappa shape index (κ3) is 6.05. The third-order valence-corrected chi connectivity index (χ3v) is 2.69. The Balaban J connectivity index is 3.57. The van der Waals surface area contributed by atoms with Gasteiger partial charge in [-0.15, -0.1) is 0 Å². The van der Waals surface area contributed by atoms with E-state index in [0.29, 0.717) is 12.1 Å². The monoisotopic (exact) mass is 186 g/mol. The Labute approximate surface area is 83.7 Å². The van der Waals surface area contributed by atoms with Gasteiger partial charge in [0.1, 0.15) is 0 Å². The highest BCUT2D eigenvalue weighted by molar-refractivity contribution is 4.69. The molecule has 0 amide bonds. The van der Waals surface area contributed by atoms with Crippen LogP contribution in [-0.2, 0) is 0 Å². The number of hydrogen-bond donors (Lipinski definition) is 1. The number of nitrogens with one attached hydrogen (secondary N) is 1. The largest absolute Gasteiger partial charge is 0.314 e. The van der Waals surface area contributed by atoms with Crippen molar-refractivity contribution in [3.8, 4) is 0 Å². The fourth-order valence-electron chi connectivity index (χ4n) is 1.48. The first kappa shape index (κ1) is 12.9. The summed E-state index contributed by atoms with van der Waals surface area (Å²) < 4.78 is 0. The van der Waals surface area contributed by atoms with Gasteiger partial charge in [-0.2, -0.15) is 0 Å². The van der Waals surface area contributed by atoms with E-state index in [-0.39, 0.29) is 0 Å². The quantitative estimate of drug-likeness (QED) is 0.655. The number of hydrogen-bond acceptors (Lipinski definition) is 2. The van der Waals surface area contributed by atoms with Crippen molar-refractivity contribution in [1.29, 1.82) is 0 Å². The molecule has 0 heterocycles. The molecular weight excluding hydrogens is 160 g/mol. The molecule has 2 unspecified atom stereocenters. The van der Waals surface area contributed by atoms with E-state index in [2.05, 4.69) is 45.0 Å². The maximum Gasteiger partial charge on any atom is 0.00784 e. The van der Waals surface area contributed by atoms with Crippen LogP contribution in [0, 0.1) is 0 Å². The van der Waals surface area contributed by atoms with Gasteiger partial charge >= 0.3 is 0 Å². The second kappa shape index (κ2) is 7.34. The Morgan fingerprint density at radius 1 is 1.23 bits per heavy atom. The molecule has 0 radical (unpaired) electrons. The maximum atomic E-state index is 3.52. The molecule has 0 aromatic heterocycles. The number of nitrogens with zero attached hydrogens (tertiary/aromatic N) is 1. The van der Waals surface area contributed by atoms with Crippen molar-refractivity contribution in [2.45, 2.75) is 52.6 Å². The predicted molar refractivity (Wildman–Crippen MR) is 60.1 cm³/mol. The van der Waals surface area contributed by atoms with Crippen LogP contribution in [0.15, 0.2) is 0 Å². The molecule has 0 saturated carbocycles. The summed E-state index contributed by atoms with van der Waals surface area (Å²) in [7, 11) is 2.19. The van der Waals surface area contributed by atoms with Crippen LogP contribution in [0.3, 0.4) is 0 Å². The molecule has 80 valence electrons. The van der Waals surface area contributed by atoms with Crippen molar-refractivity contribution in [2.75, 3.05) is 20.1 Å². The van der Waals surface area contributed by atoms with E-state index < -0.39 is 0 Å². The molecule has 0 aliphatic heterocycles. The van der Waals surface area contributed by atoms with Crippen LogP contribution < -0.4 is 5.32 Å². The van der Waals surface area contributed by atoms with E-state index in [9.17, 15) is 0 Å². The van der Waals surface area contributed by atoms with Gasteiger partial charge in [0.15, 0.2) is 0 Å². The van der Waals surface area contributed by atoms with E-state index in [4.69, 9.17) is 0 Å². The minimum atomic E-state index is 0.643. The summed E-state index contributed by atoms with van der Waals surface area (Å²) in [6.45, 7) is 11.3. The summed E-state index contributed by atoms with van der Waals surface area (Å²) in [4.78, 5) is 2.39. The molecule has 0 bridgehead atoms. The van der Waals surface area contributed by atoms with Gasteiger partial charge in [-0.1, -0.05) is 13.8 Å². The van der Waals surface area contributed by atoms with Crippen LogP contribution in [0.5, 0.6) is 0 Å². The van der Waals surface area contributed by atoms with Gasteiger partial charge in [-0.3, -0.25) is 0 Å². The Morgan fingerprint density at radius 2 is 1.85 bits per heavy atom. The molecule has 13 heavy (non-hydrogen) atoms. The lowest BCUT2D eigenvalue weighted by Crippen LogP contribution is -2.36. The van der Waals surface area contributed by atoms with Gasteiger partial charge < -0.3 is 10.2 Å². The highest BCUT2D eigenvalue weighted by Gasteiger charge is 2.10. The fraction of sp³-hybridized carbons (Fsp3) is 1.00. The van der Waals surface area contributed by atoms with Gasteiger partial charge in [0.2, 0.25) is 0 Å². The topological polar surface area (TPSA) is 15.3 Å². The molecule has 0 rings (SSSR count). The van der Waals surface area contributed by atoms with Crippen molar-refractivity contribution >= 4 is 0 Å². The zero-order valence-corrected chi connectivity index (χ0v) is 9.93. The smallest absolute Gasteiger partial charge is 0.00784 e. The molecular formula is C11H26N2. The van der Waals surface area contributed by atoms with Gasteiger partial charge in [-0.25, -0.2) is 0 Å². The van der Waals surface area contributed by atoms with E-state index in [1.54, 1.807) is 0 Å². The van der Waals surface area contributed by atoms with Gasteiger partial charge in [-0.05, 0) is 46.8 Å². The summed E-state index contributed by atoms with van der Waals surface area (Å²) in [5.74, 6) is 0. The van der Waals surface area contributed by atoms with Crippen molar-refractivity contribution in [3.05, 3.63) is 0 Å². The van der Waals surface area contributed by atoms with Crippen LogP contribution in [0.2, 0.25) is 0 Å². The lowest BCUT2D eigenvalue weighted by molar-refractivity contribution is 0.241. The average molecular weight is 186 g/mol. The van der Waals surface area contributed by atoms with Crippen molar-refractivity contribution in [2.24, 2.45) is 0 Å². The van der Waals surface area contributed by atoms with Crippen molar-refractivity contribution in [3.63, 3.8) is 0 Å². The molecule has 0 fully saturated rings. The molecule has 2 atom stereocenters. The summed E-state index contributed by atoms with van der Waals surface area (Å²) >= 11 is 0. The molecule has 0 aromatic carbocycles. The highest BCUT2D eigenvalue weighted by Crippen LogP contribution is 2.03. The molecule has 2 nitrogen and oxygen atoms in total. The summed E-state index contributed by atoms with van der Waals surface area (Å²) in [6.07, 6.45) is 2.46. The first-order valence-corrected chi connectivity index (χ1v) is 5.55. The van der Waals surface area contributed by atoms with Crippen LogP contribution in [-0.4, -0.2) is 37.1 Å². The molecule has 0 aliphatic rings. The van der Waals surface area contributed by atoms with E-state index in [1.807, 2.05) is 0 Å². The SMILES string of the molecule is CCCNC(C)CC(C)N(C)CC. The van der Waals surface area contributed by atoms with Crippen LogP contribution in [0.1, 0.15) is 40.5 Å². The van der Waals surface area contributed by atoms with Gasteiger partial charge in [0, 0.05) is 12.1 Å². The van der Waals surface area contributed by atoms with E-state index >= 15 is 0 Å². The second-order valence-corrected chi connectivity index (χ2v) is 4.01. The third-order valence-electron chi connectivity index (χ3n) is 2.69. The van der Waals surface area contributed by atoms with Gasteiger partial charge in [0.25, 0.3) is 0 Å². The summed E-state index contributed by atoms with van der Waals surface area (Å²) in [6, 6.07) is 1.33. The normalized spacial score (nSPS) is 16.2. The van der Waals surface area contributed by atoms with Crippen LogP contribution in [0.4, 0.5) is 0 Å². The Morgan fingerprint density at radius 3 is 2.31 bits per heavy atom. The van der Waals surface area contributed by atoms with Crippen LogP contribution in [0.25, 0.3) is 0 Å². The lowest BCUT2D eigenvalue weighted by atomic mass is 10.1. The Bertz CT molecular complexity index is 115. The molecule has 0 saturated heterocycles. The van der Waals surface area contributed by atoms with Gasteiger partial charge in [0.05, 0.1) is 0 Å². The van der Waals surface area contributed by atoms with Crippen LogP contribution >= 0.6 is 0 Å². The fourth-order valence-corrected chi connectivity index (χ4v) is 1.48. The highest BCUT2D eigenvalue weighted by atomic mass is 15.1. The first-order chi connectivity index (χ1) is 6.11. The molecule has 1 N–H and O–H groups in total. The minimum absolute atomic E-state index is 0.643. The average Bonchev–Trinajstić information content (AvgIpc) is 2.13. The molecule has 0 aliphatic carbocycles. The summed E-state index contributed by atoms with van der Waals surface area (Å²) in [5, 5.41) is 3.52. The minimum Gasteiger partial charge on any atom is -0.314 e. The Kier molecular flexibility index (Phi) is 7.29. The zero-order valence-electron chi connectivity index (χ0n) is 9.93. The van der Waals surface area contributed by atoms with Crippen molar-refractivity contribution in [1.82, 2.24) is 10.2 Å². The lowest BCUT2D eigenvalue weighted by Gasteiger charge is -2.26. The van der Waals surface area contributed by atoms with Crippen molar-refractivity contribution < 1.29 is 0 Å². The maximum absolute atomic E-state index is 3.52. The van der Waals surface area contributed by atoms with E-state index in [0.717, 1.165) is 13.1 Å².